The van der Waals surface area contributed by atoms with Crippen LogP contribution in [-0.2, 0) is 23.1 Å². The van der Waals surface area contributed by atoms with Crippen molar-refractivity contribution in [2.45, 2.75) is 18.0 Å². The molecule has 20 heavy (non-hydrogen) atoms. The summed E-state index contributed by atoms with van der Waals surface area (Å²) in [6, 6.07) is 8.25. The molecule has 0 saturated carbocycles. The molecule has 2 aromatic rings. The van der Waals surface area contributed by atoms with Crippen LogP contribution in [0.4, 0.5) is 0 Å². The quantitative estimate of drug-likeness (QED) is 0.817. The number of sulfonamides is 1. The van der Waals surface area contributed by atoms with E-state index in [9.17, 15) is 8.42 Å². The van der Waals surface area contributed by atoms with Crippen molar-refractivity contribution in [1.82, 2.24) is 4.72 Å². The van der Waals surface area contributed by atoms with Crippen LogP contribution in [0.15, 0.2) is 39.0 Å². The third kappa shape index (κ3) is 3.81. The van der Waals surface area contributed by atoms with Crippen molar-refractivity contribution in [1.29, 1.82) is 0 Å². The molecule has 0 aliphatic rings. The minimum atomic E-state index is -3.57. The Hall–Kier alpha value is -0.440. The minimum absolute atomic E-state index is 0.165. The van der Waals surface area contributed by atoms with Gasteiger partial charge in [-0.2, -0.15) is 0 Å². The van der Waals surface area contributed by atoms with Gasteiger partial charge in [0.1, 0.15) is 0 Å². The van der Waals surface area contributed by atoms with Gasteiger partial charge in [-0.15, -0.1) is 11.3 Å². The fourth-order valence-corrected chi connectivity index (χ4v) is 4.34. The van der Waals surface area contributed by atoms with Gasteiger partial charge in [0.05, 0.1) is 8.68 Å². The van der Waals surface area contributed by atoms with E-state index in [1.165, 1.54) is 23.5 Å². The molecular formula is C12H12BrClN2O2S2. The van der Waals surface area contributed by atoms with Crippen LogP contribution in [0.3, 0.4) is 0 Å². The van der Waals surface area contributed by atoms with E-state index in [1.807, 2.05) is 12.1 Å². The Morgan fingerprint density at radius 1 is 1.30 bits per heavy atom. The molecule has 0 unspecified atom stereocenters. The monoisotopic (exact) mass is 394 g/mol. The summed E-state index contributed by atoms with van der Waals surface area (Å²) in [6.07, 6.45) is 0. The third-order valence-corrected chi connectivity index (χ3v) is 6.00. The van der Waals surface area contributed by atoms with Crippen molar-refractivity contribution < 1.29 is 8.42 Å². The SMILES string of the molecule is NCc1cc(S(=O)(=O)NCc2ccc(Br)s2)ccc1Cl. The molecule has 3 N–H and O–H groups in total. The van der Waals surface area contributed by atoms with Crippen LogP contribution in [0.5, 0.6) is 0 Å². The lowest BCUT2D eigenvalue weighted by atomic mass is 10.2. The first-order valence-electron chi connectivity index (χ1n) is 5.65. The third-order valence-electron chi connectivity index (χ3n) is 2.61. The van der Waals surface area contributed by atoms with Gasteiger partial charge in [-0.25, -0.2) is 13.1 Å². The number of nitrogens with one attached hydrogen (secondary N) is 1. The van der Waals surface area contributed by atoms with Crippen LogP contribution in [0.1, 0.15) is 10.4 Å². The van der Waals surface area contributed by atoms with Gasteiger partial charge in [-0.1, -0.05) is 11.6 Å². The maximum absolute atomic E-state index is 12.2. The molecule has 1 aromatic heterocycles. The lowest BCUT2D eigenvalue weighted by molar-refractivity contribution is 0.581. The first kappa shape index (κ1) is 15.9. The average Bonchev–Trinajstić information content (AvgIpc) is 2.83. The van der Waals surface area contributed by atoms with Crippen LogP contribution in [0.2, 0.25) is 5.02 Å². The first-order valence-corrected chi connectivity index (χ1v) is 9.12. The van der Waals surface area contributed by atoms with Gasteiger partial charge in [-0.3, -0.25) is 0 Å². The van der Waals surface area contributed by atoms with E-state index < -0.39 is 10.0 Å². The van der Waals surface area contributed by atoms with Gasteiger partial charge >= 0.3 is 0 Å². The highest BCUT2D eigenvalue weighted by atomic mass is 79.9. The molecule has 0 amide bonds. The number of thiophene rings is 1. The normalized spacial score (nSPS) is 11.8. The summed E-state index contributed by atoms with van der Waals surface area (Å²) in [5.41, 5.74) is 6.13. The lowest BCUT2D eigenvalue weighted by Crippen LogP contribution is -2.23. The Morgan fingerprint density at radius 2 is 2.05 bits per heavy atom. The molecule has 1 heterocycles. The predicted octanol–water partition coefficient (Wildman–Crippen LogP) is 3.10. The van der Waals surface area contributed by atoms with Gasteiger partial charge in [0.15, 0.2) is 0 Å². The Bertz CT molecular complexity index is 716. The van der Waals surface area contributed by atoms with Crippen LogP contribution in [0, 0.1) is 0 Å². The van der Waals surface area contributed by atoms with Crippen LogP contribution < -0.4 is 10.5 Å². The number of hydrogen-bond acceptors (Lipinski definition) is 4. The molecule has 8 heteroatoms. The van der Waals surface area contributed by atoms with Crippen molar-refractivity contribution in [3.05, 3.63) is 49.6 Å². The van der Waals surface area contributed by atoms with Gasteiger partial charge in [0.2, 0.25) is 10.0 Å². The highest BCUT2D eigenvalue weighted by molar-refractivity contribution is 9.11. The van der Waals surface area contributed by atoms with Gasteiger partial charge in [-0.05, 0) is 51.8 Å². The number of rotatable bonds is 5. The van der Waals surface area contributed by atoms with E-state index in [4.69, 9.17) is 17.3 Å². The average molecular weight is 396 g/mol. The van der Waals surface area contributed by atoms with E-state index in [0.717, 1.165) is 8.66 Å². The van der Waals surface area contributed by atoms with E-state index in [2.05, 4.69) is 20.7 Å². The molecule has 0 aliphatic carbocycles. The molecule has 0 aliphatic heterocycles. The molecule has 1 aromatic carbocycles. The van der Waals surface area contributed by atoms with Crippen molar-refractivity contribution in [2.24, 2.45) is 5.73 Å². The van der Waals surface area contributed by atoms with Crippen molar-refractivity contribution in [3.8, 4) is 0 Å². The summed E-state index contributed by atoms with van der Waals surface area (Å²) >= 11 is 10.7. The molecule has 0 bridgehead atoms. The predicted molar refractivity (Wildman–Crippen MR) is 85.4 cm³/mol. The van der Waals surface area contributed by atoms with E-state index >= 15 is 0 Å². The topological polar surface area (TPSA) is 72.2 Å². The minimum Gasteiger partial charge on any atom is -0.326 e. The molecule has 2 rings (SSSR count). The summed E-state index contributed by atoms with van der Waals surface area (Å²) in [7, 11) is -3.57. The summed E-state index contributed by atoms with van der Waals surface area (Å²) in [5.74, 6) is 0. The zero-order valence-corrected chi connectivity index (χ0v) is 14.2. The Labute approximate surface area is 135 Å². The molecule has 0 atom stereocenters. The Morgan fingerprint density at radius 3 is 2.65 bits per heavy atom. The van der Waals surface area contributed by atoms with Gasteiger partial charge in [0, 0.05) is 23.0 Å². The maximum Gasteiger partial charge on any atom is 0.240 e. The number of hydrogen-bond donors (Lipinski definition) is 2. The summed E-state index contributed by atoms with van der Waals surface area (Å²) in [6.45, 7) is 0.444. The van der Waals surface area contributed by atoms with Crippen molar-refractivity contribution in [3.63, 3.8) is 0 Å². The largest absolute Gasteiger partial charge is 0.326 e. The first-order chi connectivity index (χ1) is 9.42. The van der Waals surface area contributed by atoms with Crippen molar-refractivity contribution >= 4 is 48.9 Å². The summed E-state index contributed by atoms with van der Waals surface area (Å²) < 4.78 is 27.9. The second kappa shape index (κ2) is 6.55. The number of nitrogens with two attached hydrogens (primary N) is 1. The summed E-state index contributed by atoms with van der Waals surface area (Å²) in [4.78, 5) is 1.09. The smallest absolute Gasteiger partial charge is 0.240 e. The Balaban J connectivity index is 2.17. The zero-order chi connectivity index (χ0) is 14.8. The van der Waals surface area contributed by atoms with Gasteiger partial charge in [0.25, 0.3) is 0 Å². The lowest BCUT2D eigenvalue weighted by Gasteiger charge is -2.08. The van der Waals surface area contributed by atoms with E-state index in [0.29, 0.717) is 10.6 Å². The fraction of sp³-hybridized carbons (Fsp3) is 0.167. The van der Waals surface area contributed by atoms with E-state index in [1.54, 1.807) is 6.07 Å². The zero-order valence-electron chi connectivity index (χ0n) is 10.3. The van der Waals surface area contributed by atoms with Crippen LogP contribution in [-0.4, -0.2) is 8.42 Å². The molecule has 4 nitrogen and oxygen atoms in total. The number of halogens is 2. The van der Waals surface area contributed by atoms with Crippen LogP contribution in [0.25, 0.3) is 0 Å². The second-order valence-corrected chi connectivity index (χ2v) is 8.71. The highest BCUT2D eigenvalue weighted by Crippen LogP contribution is 2.23. The highest BCUT2D eigenvalue weighted by Gasteiger charge is 2.15. The molecule has 0 saturated heterocycles. The number of benzene rings is 1. The second-order valence-electron chi connectivity index (χ2n) is 3.99. The molecular weight excluding hydrogens is 384 g/mol. The van der Waals surface area contributed by atoms with Crippen LogP contribution >= 0.6 is 38.9 Å². The summed E-state index contributed by atoms with van der Waals surface area (Å²) in [5, 5.41) is 0.466. The van der Waals surface area contributed by atoms with Crippen molar-refractivity contribution in [2.75, 3.05) is 0 Å². The Kier molecular flexibility index (Phi) is 5.22. The molecule has 0 fully saturated rings. The molecule has 108 valence electrons. The molecule has 0 radical (unpaired) electrons. The molecule has 0 spiro atoms. The maximum atomic E-state index is 12.2. The van der Waals surface area contributed by atoms with Gasteiger partial charge < -0.3 is 5.73 Å². The fourth-order valence-electron chi connectivity index (χ4n) is 1.57. The van der Waals surface area contributed by atoms with E-state index in [-0.39, 0.29) is 18.0 Å². The standard InChI is InChI=1S/C12H12BrClN2O2S2/c13-12-4-1-9(19-12)7-16-20(17,18)10-2-3-11(14)8(5-10)6-15/h1-5,16H,6-7,15H2.